The van der Waals surface area contributed by atoms with Crippen LogP contribution in [0.25, 0.3) is 33.3 Å². The third kappa shape index (κ3) is 3.23. The lowest BCUT2D eigenvalue weighted by molar-refractivity contribution is 0.0709. The molecule has 8 nitrogen and oxygen atoms in total. The molecule has 1 aliphatic rings. The van der Waals surface area contributed by atoms with Crippen LogP contribution in [0, 0.1) is 5.82 Å². The number of piperazine rings is 1. The van der Waals surface area contributed by atoms with Crippen LogP contribution < -0.4 is 16.6 Å². The number of imidazole rings is 1. The normalized spacial score (nSPS) is 16.8. The maximum absolute atomic E-state index is 14.3. The van der Waals surface area contributed by atoms with E-state index in [9.17, 15) is 14.0 Å². The molecule has 2 aromatic carbocycles. The van der Waals surface area contributed by atoms with E-state index >= 15 is 0 Å². The second-order valence-electron chi connectivity index (χ2n) is 7.83. The Morgan fingerprint density at radius 1 is 1.23 bits per heavy atom. The molecule has 5 rings (SSSR count). The van der Waals surface area contributed by atoms with Crippen LogP contribution in [0.4, 0.5) is 10.1 Å². The third-order valence-corrected chi connectivity index (χ3v) is 5.65. The first-order valence-corrected chi connectivity index (χ1v) is 10.0. The number of pyridine rings is 1. The Morgan fingerprint density at radius 3 is 2.87 bits per heavy atom. The molecule has 1 saturated heterocycles. The summed E-state index contributed by atoms with van der Waals surface area (Å²) in [5.74, 6) is -0.363. The number of halogens is 1. The first kappa shape index (κ1) is 19.3. The van der Waals surface area contributed by atoms with Crippen molar-refractivity contribution < 1.29 is 9.18 Å². The van der Waals surface area contributed by atoms with E-state index in [1.807, 2.05) is 11.8 Å². The van der Waals surface area contributed by atoms with Gasteiger partial charge in [-0.15, -0.1) is 0 Å². The fourth-order valence-electron chi connectivity index (χ4n) is 4.13. The highest BCUT2D eigenvalue weighted by atomic mass is 19.1. The van der Waals surface area contributed by atoms with Crippen molar-refractivity contribution in [1.29, 1.82) is 0 Å². The number of hydrogen-bond donors (Lipinski definition) is 4. The van der Waals surface area contributed by atoms with Crippen molar-refractivity contribution in [3.05, 3.63) is 58.1 Å². The molecular formula is C22H21FN6O2. The second kappa shape index (κ2) is 7.21. The maximum Gasteiger partial charge on any atom is 0.261 e. The molecule has 1 atom stereocenters. The molecule has 1 fully saturated rings. The average Bonchev–Trinajstić information content (AvgIpc) is 3.15. The van der Waals surface area contributed by atoms with Gasteiger partial charge in [-0.25, -0.2) is 9.37 Å². The molecule has 0 bridgehead atoms. The van der Waals surface area contributed by atoms with E-state index < -0.39 is 11.4 Å². The van der Waals surface area contributed by atoms with Crippen LogP contribution >= 0.6 is 0 Å². The van der Waals surface area contributed by atoms with E-state index in [1.165, 1.54) is 12.1 Å². The lowest BCUT2D eigenvalue weighted by Crippen LogP contribution is -2.51. The Bertz CT molecular complexity index is 1390. The van der Waals surface area contributed by atoms with Crippen LogP contribution in [0.3, 0.4) is 0 Å². The number of nitrogens with one attached hydrogen (secondary N) is 3. The lowest BCUT2D eigenvalue weighted by Gasteiger charge is -2.31. The van der Waals surface area contributed by atoms with Crippen molar-refractivity contribution in [2.75, 3.05) is 25.4 Å². The van der Waals surface area contributed by atoms with Crippen molar-refractivity contribution >= 4 is 33.5 Å². The quantitative estimate of drug-likeness (QED) is 0.396. The zero-order valence-electron chi connectivity index (χ0n) is 16.8. The number of anilines is 1. The molecule has 0 saturated carbocycles. The van der Waals surface area contributed by atoms with Gasteiger partial charge in [0.05, 0.1) is 27.6 Å². The molecule has 1 aliphatic heterocycles. The Balaban J connectivity index is 1.58. The molecule has 0 unspecified atom stereocenters. The molecule has 2 aromatic heterocycles. The number of nitrogen functional groups attached to an aromatic ring is 1. The number of carbonyl (C=O) groups excluding carboxylic acids is 1. The number of rotatable bonds is 2. The SMILES string of the molecule is C[C@@H]1CN(C(=O)c2ccc3nc(-c4c(N)c5c(F)cccc5[nH]c4=O)[nH]c3c2)CCN1. The number of aromatic nitrogens is 3. The van der Waals surface area contributed by atoms with Gasteiger partial charge >= 0.3 is 0 Å². The highest BCUT2D eigenvalue weighted by molar-refractivity contribution is 6.00. The summed E-state index contributed by atoms with van der Waals surface area (Å²) in [6.45, 7) is 4.08. The van der Waals surface area contributed by atoms with E-state index in [4.69, 9.17) is 5.73 Å². The van der Waals surface area contributed by atoms with Gasteiger partial charge in [-0.1, -0.05) is 6.07 Å². The van der Waals surface area contributed by atoms with Gasteiger partial charge in [0.25, 0.3) is 11.5 Å². The number of aromatic amines is 2. The molecule has 3 heterocycles. The summed E-state index contributed by atoms with van der Waals surface area (Å²) in [4.78, 5) is 37.6. The molecule has 4 aromatic rings. The molecule has 9 heteroatoms. The van der Waals surface area contributed by atoms with Gasteiger partial charge in [-0.2, -0.15) is 0 Å². The van der Waals surface area contributed by atoms with Crippen LogP contribution in [0.2, 0.25) is 0 Å². The fourth-order valence-corrected chi connectivity index (χ4v) is 4.13. The molecule has 0 aliphatic carbocycles. The monoisotopic (exact) mass is 420 g/mol. The summed E-state index contributed by atoms with van der Waals surface area (Å²) in [5, 5.41) is 3.46. The van der Waals surface area contributed by atoms with Gasteiger partial charge in [0, 0.05) is 31.2 Å². The number of amides is 1. The maximum atomic E-state index is 14.3. The molecule has 0 spiro atoms. The van der Waals surface area contributed by atoms with E-state index in [2.05, 4.69) is 20.3 Å². The molecule has 0 radical (unpaired) electrons. The van der Waals surface area contributed by atoms with Crippen molar-refractivity contribution in [3.63, 3.8) is 0 Å². The highest BCUT2D eigenvalue weighted by Gasteiger charge is 2.23. The summed E-state index contributed by atoms with van der Waals surface area (Å²) in [7, 11) is 0. The van der Waals surface area contributed by atoms with Crippen LogP contribution in [-0.2, 0) is 0 Å². The summed E-state index contributed by atoms with van der Waals surface area (Å²) in [5.41, 5.74) is 7.81. The number of fused-ring (bicyclic) bond motifs is 2. The Morgan fingerprint density at radius 2 is 2.06 bits per heavy atom. The Labute approximate surface area is 176 Å². The second-order valence-corrected chi connectivity index (χ2v) is 7.83. The highest BCUT2D eigenvalue weighted by Crippen LogP contribution is 2.30. The summed E-state index contributed by atoms with van der Waals surface area (Å²) in [6, 6.07) is 9.78. The van der Waals surface area contributed by atoms with E-state index in [0.717, 1.165) is 6.54 Å². The number of carbonyl (C=O) groups is 1. The van der Waals surface area contributed by atoms with E-state index in [1.54, 1.807) is 24.3 Å². The summed E-state index contributed by atoms with van der Waals surface area (Å²) in [6.07, 6.45) is 0. The topological polar surface area (TPSA) is 120 Å². The zero-order chi connectivity index (χ0) is 21.7. The summed E-state index contributed by atoms with van der Waals surface area (Å²) >= 11 is 0. The number of nitrogens with two attached hydrogens (primary N) is 1. The van der Waals surface area contributed by atoms with Crippen LogP contribution in [0.15, 0.2) is 41.2 Å². The van der Waals surface area contributed by atoms with Gasteiger partial charge in [-0.05, 0) is 37.3 Å². The van der Waals surface area contributed by atoms with Crippen molar-refractivity contribution in [1.82, 2.24) is 25.2 Å². The zero-order valence-corrected chi connectivity index (χ0v) is 16.8. The number of H-pyrrole nitrogens is 2. The molecular weight excluding hydrogens is 399 g/mol. The number of benzene rings is 2. The first-order valence-electron chi connectivity index (χ1n) is 10.0. The number of hydrogen-bond acceptors (Lipinski definition) is 5. The molecule has 1 amide bonds. The van der Waals surface area contributed by atoms with Crippen molar-refractivity contribution in [2.24, 2.45) is 0 Å². The van der Waals surface area contributed by atoms with Gasteiger partial charge in [0.15, 0.2) is 0 Å². The molecule has 158 valence electrons. The summed E-state index contributed by atoms with van der Waals surface area (Å²) < 4.78 is 14.3. The van der Waals surface area contributed by atoms with Crippen LogP contribution in [0.5, 0.6) is 0 Å². The van der Waals surface area contributed by atoms with Crippen molar-refractivity contribution in [2.45, 2.75) is 13.0 Å². The minimum Gasteiger partial charge on any atom is -0.397 e. The smallest absolute Gasteiger partial charge is 0.261 e. The van der Waals surface area contributed by atoms with Crippen LogP contribution in [0.1, 0.15) is 17.3 Å². The predicted molar refractivity (Wildman–Crippen MR) is 117 cm³/mol. The standard InChI is InChI=1S/C22H21FN6O2/c1-11-10-29(8-7-25-11)22(31)12-5-6-14-16(9-12)27-20(26-14)18-19(24)17-13(23)3-2-4-15(17)28-21(18)30/h2-6,9,11,25H,7-8,10H2,1H3,(H,26,27)(H3,24,28,30)/t11-/m1/s1. The molecule has 31 heavy (non-hydrogen) atoms. The Hall–Kier alpha value is -3.72. The third-order valence-electron chi connectivity index (χ3n) is 5.65. The minimum atomic E-state index is -0.526. The first-order chi connectivity index (χ1) is 14.9. The van der Waals surface area contributed by atoms with E-state index in [0.29, 0.717) is 35.2 Å². The fraction of sp³-hybridized carbons (Fsp3) is 0.227. The van der Waals surface area contributed by atoms with Crippen molar-refractivity contribution in [3.8, 4) is 11.4 Å². The minimum absolute atomic E-state index is 0.0158. The largest absolute Gasteiger partial charge is 0.397 e. The van der Waals surface area contributed by atoms with Gasteiger partial charge < -0.3 is 25.9 Å². The van der Waals surface area contributed by atoms with Gasteiger partial charge in [0.2, 0.25) is 0 Å². The Kier molecular flexibility index (Phi) is 4.48. The van der Waals surface area contributed by atoms with E-state index in [-0.39, 0.29) is 34.4 Å². The lowest BCUT2D eigenvalue weighted by atomic mass is 10.1. The average molecular weight is 420 g/mol. The van der Waals surface area contributed by atoms with Crippen LogP contribution in [-0.4, -0.2) is 51.4 Å². The molecule has 5 N–H and O–H groups in total. The number of nitrogens with zero attached hydrogens (tertiary/aromatic N) is 2. The van der Waals surface area contributed by atoms with Gasteiger partial charge in [0.1, 0.15) is 17.2 Å². The predicted octanol–water partition coefficient (Wildman–Crippen LogP) is 2.23. The van der Waals surface area contributed by atoms with Gasteiger partial charge in [-0.3, -0.25) is 9.59 Å².